The number of likely N-dealkylation sites (tertiary alicyclic amines) is 1. The first-order valence-electron chi connectivity index (χ1n) is 11.8. The van der Waals surface area contributed by atoms with Crippen molar-refractivity contribution in [3.05, 3.63) is 95.6 Å². The van der Waals surface area contributed by atoms with Crippen LogP contribution in [0.3, 0.4) is 0 Å². The number of aliphatic hydroxyl groups is 1. The van der Waals surface area contributed by atoms with Gasteiger partial charge in [0.05, 0.1) is 0 Å². The zero-order chi connectivity index (χ0) is 23.0. The van der Waals surface area contributed by atoms with E-state index in [2.05, 4.69) is 36.2 Å². The Balaban J connectivity index is 1.69. The second kappa shape index (κ2) is 11.2. The first-order chi connectivity index (χ1) is 16.2. The van der Waals surface area contributed by atoms with Crippen molar-refractivity contribution in [1.82, 2.24) is 4.90 Å². The van der Waals surface area contributed by atoms with Gasteiger partial charge in [-0.3, -0.25) is 0 Å². The molecule has 0 aliphatic carbocycles. The minimum atomic E-state index is 0.140. The molecular weight excluding hydrogens is 410 g/mol. The molecule has 172 valence electrons. The van der Waals surface area contributed by atoms with Gasteiger partial charge in [-0.25, -0.2) is 0 Å². The molecule has 0 amide bonds. The van der Waals surface area contributed by atoms with Gasteiger partial charge in [-0.05, 0) is 91.4 Å². The van der Waals surface area contributed by atoms with E-state index in [9.17, 15) is 10.2 Å². The maximum absolute atomic E-state index is 9.84. The monoisotopic (exact) mass is 443 g/mol. The normalized spacial score (nSPS) is 17.1. The van der Waals surface area contributed by atoms with Crippen LogP contribution >= 0.6 is 0 Å². The Labute approximate surface area is 196 Å². The molecule has 0 aromatic heterocycles. The third kappa shape index (κ3) is 5.84. The second-order valence-corrected chi connectivity index (χ2v) is 8.71. The highest BCUT2D eigenvalue weighted by Gasteiger charge is 2.21. The number of hydrogen-bond donors (Lipinski definition) is 2. The summed E-state index contributed by atoms with van der Waals surface area (Å²) in [5.41, 5.74) is 5.54. The summed E-state index contributed by atoms with van der Waals surface area (Å²) in [4.78, 5) is 2.37. The number of ether oxygens (including phenoxy) is 1. The number of allylic oxidation sites excluding steroid dienone is 1. The summed E-state index contributed by atoms with van der Waals surface area (Å²) in [6.45, 7) is 1.99. The van der Waals surface area contributed by atoms with Gasteiger partial charge in [0.15, 0.2) is 0 Å². The van der Waals surface area contributed by atoms with Crippen LogP contribution in [0, 0.1) is 0 Å². The molecule has 3 aromatic carbocycles. The fourth-order valence-electron chi connectivity index (χ4n) is 4.55. The highest BCUT2D eigenvalue weighted by Crippen LogP contribution is 2.36. The van der Waals surface area contributed by atoms with Gasteiger partial charge in [-0.15, -0.1) is 0 Å². The van der Waals surface area contributed by atoms with Gasteiger partial charge < -0.3 is 19.8 Å². The molecule has 1 fully saturated rings. The van der Waals surface area contributed by atoms with Gasteiger partial charge in [0, 0.05) is 12.6 Å². The molecule has 1 saturated heterocycles. The van der Waals surface area contributed by atoms with Crippen LogP contribution in [-0.2, 0) is 0 Å². The van der Waals surface area contributed by atoms with Crippen molar-refractivity contribution in [2.24, 2.45) is 0 Å². The van der Waals surface area contributed by atoms with E-state index in [1.807, 2.05) is 42.5 Å². The fraction of sp³-hybridized carbons (Fsp3) is 0.310. The number of benzene rings is 3. The topological polar surface area (TPSA) is 52.9 Å². The number of hydrogen-bond acceptors (Lipinski definition) is 4. The van der Waals surface area contributed by atoms with E-state index in [0.29, 0.717) is 19.1 Å². The largest absolute Gasteiger partial charge is 0.508 e. The predicted octanol–water partition coefficient (Wildman–Crippen LogP) is 5.60. The van der Waals surface area contributed by atoms with E-state index in [-0.39, 0.29) is 12.4 Å². The molecule has 0 unspecified atom stereocenters. The molecule has 0 saturated carbocycles. The molecule has 33 heavy (non-hydrogen) atoms. The Bertz CT molecular complexity index is 1040. The van der Waals surface area contributed by atoms with Crippen molar-refractivity contribution in [3.8, 4) is 11.5 Å². The van der Waals surface area contributed by atoms with Gasteiger partial charge >= 0.3 is 0 Å². The highest BCUT2D eigenvalue weighted by atomic mass is 16.5. The molecule has 3 aromatic rings. The molecule has 0 bridgehead atoms. The van der Waals surface area contributed by atoms with Gasteiger partial charge in [0.2, 0.25) is 0 Å². The van der Waals surface area contributed by atoms with E-state index < -0.39 is 0 Å². The van der Waals surface area contributed by atoms with Crippen LogP contribution in [-0.4, -0.2) is 48.0 Å². The SMILES string of the molecule is CN1CCC[C@@H]1COc1ccc(C(=C(CCCO)c2ccccc2)c2ccc(O)cc2)cc1. The number of rotatable bonds is 9. The Hall–Kier alpha value is -3.08. The minimum Gasteiger partial charge on any atom is -0.508 e. The summed E-state index contributed by atoms with van der Waals surface area (Å²) in [7, 11) is 2.16. The third-order valence-electron chi connectivity index (χ3n) is 6.42. The first kappa shape index (κ1) is 23.1. The lowest BCUT2D eigenvalue weighted by Crippen LogP contribution is -2.30. The van der Waals surface area contributed by atoms with Crippen molar-refractivity contribution >= 4 is 11.1 Å². The average Bonchev–Trinajstić information content (AvgIpc) is 3.27. The summed E-state index contributed by atoms with van der Waals surface area (Å²) >= 11 is 0. The van der Waals surface area contributed by atoms with E-state index in [1.54, 1.807) is 12.1 Å². The predicted molar refractivity (Wildman–Crippen MR) is 134 cm³/mol. The van der Waals surface area contributed by atoms with Crippen molar-refractivity contribution in [2.45, 2.75) is 31.7 Å². The van der Waals surface area contributed by atoms with Crippen LogP contribution in [0.1, 0.15) is 42.4 Å². The Kier molecular flexibility index (Phi) is 7.82. The Morgan fingerprint density at radius 3 is 2.18 bits per heavy atom. The average molecular weight is 444 g/mol. The van der Waals surface area contributed by atoms with Crippen LogP contribution < -0.4 is 4.74 Å². The standard InChI is InChI=1S/C29H33NO3/c1-30-19-5-9-25(30)21-33-27-17-13-24(14-18-27)29(23-11-15-26(32)16-12-23)28(10-6-20-31)22-7-3-2-4-8-22/h2-4,7-8,11-18,25,31-32H,5-6,9-10,19-21H2,1H3/t25-/m1/s1. The Morgan fingerprint density at radius 1 is 0.909 bits per heavy atom. The molecular formula is C29H33NO3. The first-order valence-corrected chi connectivity index (χ1v) is 11.8. The third-order valence-corrected chi connectivity index (χ3v) is 6.42. The van der Waals surface area contributed by atoms with Gasteiger partial charge in [0.25, 0.3) is 0 Å². The lowest BCUT2D eigenvalue weighted by molar-refractivity contribution is 0.198. The van der Waals surface area contributed by atoms with Crippen molar-refractivity contribution in [1.29, 1.82) is 0 Å². The molecule has 1 atom stereocenters. The Morgan fingerprint density at radius 2 is 1.58 bits per heavy atom. The fourth-order valence-corrected chi connectivity index (χ4v) is 4.55. The smallest absolute Gasteiger partial charge is 0.119 e. The van der Waals surface area contributed by atoms with Crippen LogP contribution in [0.5, 0.6) is 11.5 Å². The van der Waals surface area contributed by atoms with Crippen LogP contribution in [0.2, 0.25) is 0 Å². The van der Waals surface area contributed by atoms with Crippen LogP contribution in [0.15, 0.2) is 78.9 Å². The second-order valence-electron chi connectivity index (χ2n) is 8.71. The number of phenolic OH excluding ortho intramolecular Hbond substituents is 1. The summed E-state index contributed by atoms with van der Waals surface area (Å²) in [5.74, 6) is 1.12. The van der Waals surface area contributed by atoms with Gasteiger partial charge in [-0.1, -0.05) is 54.6 Å². The molecule has 4 nitrogen and oxygen atoms in total. The number of nitrogens with zero attached hydrogens (tertiary/aromatic N) is 1. The summed E-state index contributed by atoms with van der Waals surface area (Å²) in [5, 5.41) is 19.4. The molecule has 1 heterocycles. The molecule has 2 N–H and O–H groups in total. The summed E-state index contributed by atoms with van der Waals surface area (Å²) in [6.07, 6.45) is 3.86. The lowest BCUT2D eigenvalue weighted by Gasteiger charge is -2.20. The number of likely N-dealkylation sites (N-methyl/N-ethyl adjacent to an activating group) is 1. The quantitative estimate of drug-likeness (QED) is 0.423. The van der Waals surface area contributed by atoms with Crippen molar-refractivity contribution < 1.29 is 14.9 Å². The highest BCUT2D eigenvalue weighted by molar-refractivity contribution is 5.98. The summed E-state index contributed by atoms with van der Waals surface area (Å²) in [6, 6.07) is 26.5. The number of aliphatic hydroxyl groups excluding tert-OH is 1. The maximum Gasteiger partial charge on any atom is 0.119 e. The molecule has 1 aliphatic rings. The molecule has 4 heteroatoms. The van der Waals surface area contributed by atoms with Crippen LogP contribution in [0.25, 0.3) is 11.1 Å². The summed E-state index contributed by atoms with van der Waals surface area (Å²) < 4.78 is 6.10. The van der Waals surface area contributed by atoms with E-state index in [4.69, 9.17) is 4.74 Å². The molecule has 4 rings (SSSR count). The number of aromatic hydroxyl groups is 1. The zero-order valence-corrected chi connectivity index (χ0v) is 19.3. The van der Waals surface area contributed by atoms with E-state index >= 15 is 0 Å². The van der Waals surface area contributed by atoms with E-state index in [1.165, 1.54) is 18.4 Å². The van der Waals surface area contributed by atoms with Crippen molar-refractivity contribution in [2.75, 3.05) is 26.8 Å². The van der Waals surface area contributed by atoms with Gasteiger partial charge in [0.1, 0.15) is 18.1 Å². The molecule has 1 aliphatic heterocycles. The van der Waals surface area contributed by atoms with Crippen LogP contribution in [0.4, 0.5) is 0 Å². The number of phenols is 1. The van der Waals surface area contributed by atoms with E-state index in [0.717, 1.165) is 41.0 Å². The molecule has 0 spiro atoms. The zero-order valence-electron chi connectivity index (χ0n) is 19.3. The molecule has 0 radical (unpaired) electrons. The van der Waals surface area contributed by atoms with Gasteiger partial charge in [-0.2, -0.15) is 0 Å². The lowest BCUT2D eigenvalue weighted by atomic mass is 9.87. The van der Waals surface area contributed by atoms with Crippen molar-refractivity contribution in [3.63, 3.8) is 0 Å². The minimum absolute atomic E-state index is 0.140. The maximum atomic E-state index is 9.84.